The summed E-state index contributed by atoms with van der Waals surface area (Å²) < 4.78 is 5.95. The number of halogens is 1. The Hall–Kier alpha value is -2.87. The van der Waals surface area contributed by atoms with E-state index in [1.165, 1.54) is 0 Å². The molecule has 5 nitrogen and oxygen atoms in total. The van der Waals surface area contributed by atoms with Gasteiger partial charge in [0.2, 0.25) is 0 Å². The van der Waals surface area contributed by atoms with Crippen LogP contribution in [0.3, 0.4) is 0 Å². The second kappa shape index (κ2) is 8.47. The summed E-state index contributed by atoms with van der Waals surface area (Å²) in [4.78, 5) is 26.1. The third kappa shape index (κ3) is 4.05. The first-order valence-electron chi connectivity index (χ1n) is 8.82. The maximum absolute atomic E-state index is 13.0. The smallest absolute Gasteiger partial charge is 0.267 e. The molecule has 150 valence electrons. The molecule has 4 rings (SSSR count). The molecule has 0 bridgehead atoms. The highest BCUT2D eigenvalue weighted by atomic mass is 35.5. The van der Waals surface area contributed by atoms with Gasteiger partial charge in [-0.2, -0.15) is 0 Å². The zero-order chi connectivity index (χ0) is 21.3. The zero-order valence-electron chi connectivity index (χ0n) is 15.3. The van der Waals surface area contributed by atoms with E-state index in [4.69, 9.17) is 28.2 Å². The molecule has 0 saturated carbocycles. The maximum atomic E-state index is 13.0. The molecule has 2 heterocycles. The third-order valence-corrected chi connectivity index (χ3v) is 6.00. The third-order valence-electron chi connectivity index (χ3n) is 4.43. The number of amides is 1. The van der Waals surface area contributed by atoms with Crippen molar-refractivity contribution in [3.8, 4) is 11.3 Å². The van der Waals surface area contributed by atoms with Crippen LogP contribution in [0, 0.1) is 0 Å². The van der Waals surface area contributed by atoms with Gasteiger partial charge in [-0.25, -0.2) is 0 Å². The van der Waals surface area contributed by atoms with Crippen LogP contribution in [0.25, 0.3) is 17.4 Å². The van der Waals surface area contributed by atoms with Crippen LogP contribution < -0.4 is 5.11 Å². The fourth-order valence-electron chi connectivity index (χ4n) is 3.08. The fraction of sp³-hybridized carbons (Fsp3) is 0.0455. The molecule has 3 aromatic rings. The molecule has 0 aliphatic carbocycles. The maximum Gasteiger partial charge on any atom is 0.267 e. The molecule has 1 amide bonds. The van der Waals surface area contributed by atoms with Crippen molar-refractivity contribution in [2.24, 2.45) is 0 Å². The lowest BCUT2D eigenvalue weighted by Crippen LogP contribution is -2.43. The van der Waals surface area contributed by atoms with Crippen molar-refractivity contribution >= 4 is 57.9 Å². The van der Waals surface area contributed by atoms with E-state index in [-0.39, 0.29) is 9.23 Å². The first-order valence-corrected chi connectivity index (χ1v) is 10.4. The zero-order valence-corrected chi connectivity index (χ0v) is 17.7. The molecular formula is C22H13ClNO4S2-. The van der Waals surface area contributed by atoms with E-state index in [0.29, 0.717) is 22.1 Å². The molecule has 1 saturated heterocycles. The normalized spacial score (nSPS) is 16.3. The average Bonchev–Trinajstić information content (AvgIpc) is 3.29. The Morgan fingerprint density at radius 3 is 2.60 bits per heavy atom. The van der Waals surface area contributed by atoms with Gasteiger partial charge in [0.1, 0.15) is 21.9 Å². The van der Waals surface area contributed by atoms with Crippen LogP contribution in [0.15, 0.2) is 76.1 Å². The van der Waals surface area contributed by atoms with Crippen LogP contribution in [0.4, 0.5) is 0 Å². The molecule has 30 heavy (non-hydrogen) atoms. The number of hydrogen-bond donors (Lipinski definition) is 0. The number of rotatable bonds is 5. The van der Waals surface area contributed by atoms with Gasteiger partial charge in [-0.1, -0.05) is 78.0 Å². The summed E-state index contributed by atoms with van der Waals surface area (Å²) in [5, 5.41) is 12.4. The summed E-state index contributed by atoms with van der Waals surface area (Å²) in [7, 11) is 0. The van der Waals surface area contributed by atoms with Crippen molar-refractivity contribution < 1.29 is 19.1 Å². The highest BCUT2D eigenvalue weighted by Gasteiger charge is 2.38. The molecule has 1 unspecified atom stereocenters. The quantitative estimate of drug-likeness (QED) is 0.423. The van der Waals surface area contributed by atoms with E-state index in [1.807, 2.05) is 12.1 Å². The molecule has 2 aromatic carbocycles. The van der Waals surface area contributed by atoms with Crippen LogP contribution in [0.1, 0.15) is 17.4 Å². The average molecular weight is 455 g/mol. The predicted octanol–water partition coefficient (Wildman–Crippen LogP) is 4.29. The van der Waals surface area contributed by atoms with E-state index in [9.17, 15) is 14.7 Å². The van der Waals surface area contributed by atoms with E-state index in [0.717, 1.165) is 22.2 Å². The molecule has 0 radical (unpaired) electrons. The largest absolute Gasteiger partial charge is 0.547 e. The summed E-state index contributed by atoms with van der Waals surface area (Å²) in [5.41, 5.74) is 1.21. The van der Waals surface area contributed by atoms with Gasteiger partial charge in [0.25, 0.3) is 5.91 Å². The van der Waals surface area contributed by atoms with Crippen molar-refractivity contribution in [1.82, 2.24) is 4.90 Å². The molecule has 1 aliphatic heterocycles. The number of nitrogens with zero attached hydrogens (tertiary/aromatic N) is 1. The number of furan rings is 1. The molecule has 8 heteroatoms. The molecule has 1 fully saturated rings. The minimum Gasteiger partial charge on any atom is -0.547 e. The van der Waals surface area contributed by atoms with Gasteiger partial charge in [-0.05, 0) is 29.8 Å². The van der Waals surface area contributed by atoms with E-state index in [1.54, 1.807) is 60.7 Å². The molecular weight excluding hydrogens is 442 g/mol. The van der Waals surface area contributed by atoms with Crippen molar-refractivity contribution in [3.63, 3.8) is 0 Å². The fourth-order valence-corrected chi connectivity index (χ4v) is 4.57. The number of aliphatic carboxylic acids is 1. The summed E-state index contributed by atoms with van der Waals surface area (Å²) in [6.07, 6.45) is 1.55. The molecule has 1 atom stereocenters. The number of thiocarbonyl (C=S) groups is 1. The number of carbonyl (C=O) groups excluding carboxylic acids is 2. The Morgan fingerprint density at radius 2 is 1.90 bits per heavy atom. The van der Waals surface area contributed by atoms with E-state index in [2.05, 4.69) is 0 Å². The van der Waals surface area contributed by atoms with Crippen LogP contribution in [-0.2, 0) is 9.59 Å². The Balaban J connectivity index is 1.63. The SMILES string of the molecule is O=C([O-])C(c1ccccc1)N1C(=O)C(=Cc2ccc(-c3cccc(Cl)c3)o2)SC1=S. The summed E-state index contributed by atoms with van der Waals surface area (Å²) in [6.45, 7) is 0. The van der Waals surface area contributed by atoms with Crippen LogP contribution in [0.2, 0.25) is 5.02 Å². The second-order valence-electron chi connectivity index (χ2n) is 6.40. The number of carboxylic acid groups (broad SMARTS) is 1. The minimum absolute atomic E-state index is 0.144. The highest BCUT2D eigenvalue weighted by Crippen LogP contribution is 2.38. The van der Waals surface area contributed by atoms with Crippen molar-refractivity contribution in [3.05, 3.63) is 88.0 Å². The van der Waals surface area contributed by atoms with Crippen LogP contribution in [-0.4, -0.2) is 21.1 Å². The lowest BCUT2D eigenvalue weighted by molar-refractivity contribution is -0.310. The van der Waals surface area contributed by atoms with Crippen molar-refractivity contribution in [2.45, 2.75) is 6.04 Å². The molecule has 0 spiro atoms. The summed E-state index contributed by atoms with van der Waals surface area (Å²) in [5.74, 6) is -0.880. The number of hydrogen-bond acceptors (Lipinski definition) is 6. The monoisotopic (exact) mass is 454 g/mol. The number of carbonyl (C=O) groups is 2. The lowest BCUT2D eigenvalue weighted by Gasteiger charge is -2.27. The Bertz CT molecular complexity index is 1170. The van der Waals surface area contributed by atoms with Crippen molar-refractivity contribution in [1.29, 1.82) is 0 Å². The highest BCUT2D eigenvalue weighted by molar-refractivity contribution is 8.26. The van der Waals surface area contributed by atoms with E-state index >= 15 is 0 Å². The Morgan fingerprint density at radius 1 is 1.13 bits per heavy atom. The standard InChI is InChI=1S/C22H14ClNO4S2/c23-15-8-4-7-14(11-15)17-10-9-16(28-17)12-18-20(25)24(22(29)30-18)19(21(26)27)13-5-2-1-3-6-13/h1-12,19H,(H,26,27)/p-1. The topological polar surface area (TPSA) is 73.6 Å². The summed E-state index contributed by atoms with van der Waals surface area (Å²) >= 11 is 12.3. The van der Waals surface area contributed by atoms with Gasteiger partial charge in [-0.3, -0.25) is 9.69 Å². The van der Waals surface area contributed by atoms with Gasteiger partial charge in [0.15, 0.2) is 0 Å². The van der Waals surface area contributed by atoms with Gasteiger partial charge in [0.05, 0.1) is 10.9 Å². The molecule has 1 aliphatic rings. The van der Waals surface area contributed by atoms with Gasteiger partial charge >= 0.3 is 0 Å². The first kappa shape index (κ1) is 20.4. The first-order chi connectivity index (χ1) is 14.4. The van der Waals surface area contributed by atoms with E-state index < -0.39 is 17.9 Å². The van der Waals surface area contributed by atoms with Gasteiger partial charge in [0, 0.05) is 16.7 Å². The molecule has 0 N–H and O–H groups in total. The Labute approximate surface area is 186 Å². The van der Waals surface area contributed by atoms with Crippen LogP contribution in [0.5, 0.6) is 0 Å². The number of carboxylic acids is 1. The predicted molar refractivity (Wildman–Crippen MR) is 118 cm³/mol. The summed E-state index contributed by atoms with van der Waals surface area (Å²) in [6, 6.07) is 17.8. The molecule has 1 aromatic heterocycles. The number of benzene rings is 2. The second-order valence-corrected chi connectivity index (χ2v) is 8.51. The van der Waals surface area contributed by atoms with Crippen LogP contribution >= 0.6 is 35.6 Å². The van der Waals surface area contributed by atoms with Gasteiger partial charge < -0.3 is 14.3 Å². The Kier molecular flexibility index (Phi) is 5.76. The lowest BCUT2D eigenvalue weighted by atomic mass is 10.1. The minimum atomic E-state index is -1.40. The number of thioether (sulfide) groups is 1. The van der Waals surface area contributed by atoms with Gasteiger partial charge in [-0.15, -0.1) is 0 Å². The van der Waals surface area contributed by atoms with Crippen molar-refractivity contribution in [2.75, 3.05) is 0 Å².